The molecule has 0 bridgehead atoms. The van der Waals surface area contributed by atoms with Crippen molar-refractivity contribution in [1.82, 2.24) is 4.98 Å². The number of ketones is 2. The SMILES string of the molecule is C[C@H]1CC[C@@H]2[C@@H](C(=O)c3c(O)c(C4(O)CCC(=O)CC4O)c[nH]c3=O)[C@@H](C)C=C[C@H]2C1. The maximum absolute atomic E-state index is 13.6. The zero-order valence-corrected chi connectivity index (χ0v) is 18.0. The van der Waals surface area contributed by atoms with Crippen molar-refractivity contribution in [1.29, 1.82) is 0 Å². The number of pyridine rings is 1. The van der Waals surface area contributed by atoms with Crippen LogP contribution in [0.4, 0.5) is 0 Å². The summed E-state index contributed by atoms with van der Waals surface area (Å²) in [6.07, 6.45) is 6.55. The van der Waals surface area contributed by atoms with E-state index in [0.717, 1.165) is 25.5 Å². The second kappa shape index (κ2) is 8.02. The van der Waals surface area contributed by atoms with Crippen LogP contribution in [-0.2, 0) is 10.4 Å². The van der Waals surface area contributed by atoms with Gasteiger partial charge in [-0.15, -0.1) is 0 Å². The van der Waals surface area contributed by atoms with Gasteiger partial charge in [0.25, 0.3) is 5.56 Å². The average molecular weight is 430 g/mol. The molecule has 0 aliphatic heterocycles. The van der Waals surface area contributed by atoms with Crippen molar-refractivity contribution >= 4 is 11.6 Å². The van der Waals surface area contributed by atoms with Crippen molar-refractivity contribution < 1.29 is 24.9 Å². The lowest BCUT2D eigenvalue weighted by Gasteiger charge is -2.42. The van der Waals surface area contributed by atoms with Gasteiger partial charge in [0.2, 0.25) is 0 Å². The summed E-state index contributed by atoms with van der Waals surface area (Å²) in [6.45, 7) is 4.16. The molecule has 1 aromatic heterocycles. The van der Waals surface area contributed by atoms with Crippen molar-refractivity contribution in [2.24, 2.45) is 29.6 Å². The fourth-order valence-corrected chi connectivity index (χ4v) is 5.92. The van der Waals surface area contributed by atoms with E-state index < -0.39 is 34.7 Å². The quantitative estimate of drug-likeness (QED) is 0.432. The number of rotatable bonds is 3. The van der Waals surface area contributed by atoms with Gasteiger partial charge in [-0.2, -0.15) is 0 Å². The van der Waals surface area contributed by atoms with Crippen LogP contribution < -0.4 is 5.56 Å². The van der Waals surface area contributed by atoms with Gasteiger partial charge in [-0.3, -0.25) is 14.4 Å². The molecule has 1 aromatic rings. The monoisotopic (exact) mass is 429 g/mol. The Morgan fingerprint density at radius 2 is 1.94 bits per heavy atom. The van der Waals surface area contributed by atoms with E-state index in [-0.39, 0.29) is 53.9 Å². The van der Waals surface area contributed by atoms with Crippen LogP contribution in [0.3, 0.4) is 0 Å². The summed E-state index contributed by atoms with van der Waals surface area (Å²) >= 11 is 0. The fraction of sp³-hybridized carbons (Fsp3) is 0.625. The second-order valence-corrected chi connectivity index (χ2v) is 9.82. The van der Waals surface area contributed by atoms with E-state index in [2.05, 4.69) is 18.0 Å². The van der Waals surface area contributed by atoms with E-state index in [1.54, 1.807) is 0 Å². The number of Topliss-reactive ketones (excluding diaryl/α,β-unsaturated/α-hetero) is 2. The highest BCUT2D eigenvalue weighted by molar-refractivity contribution is 6.01. The average Bonchev–Trinajstić information content (AvgIpc) is 2.71. The third-order valence-corrected chi connectivity index (χ3v) is 7.75. The molecule has 1 heterocycles. The van der Waals surface area contributed by atoms with Crippen molar-refractivity contribution in [3.05, 3.63) is 39.8 Å². The predicted molar refractivity (Wildman–Crippen MR) is 114 cm³/mol. The first-order valence-corrected chi connectivity index (χ1v) is 11.2. The highest BCUT2D eigenvalue weighted by Crippen LogP contribution is 2.47. The standard InChI is InChI=1S/C24H31NO6/c1-12-3-6-16-14(9-12)5-4-13(2)19(16)22(29)20-21(28)17(11-25-23(20)30)24(31)8-7-15(26)10-18(24)27/h4-5,11-14,16,18-19,27,31H,3,6-10H2,1-2H3,(H2,25,28,30)/t12-,13-,14-,16-,18?,19-,24?/m0/s1. The number of hydrogen-bond donors (Lipinski definition) is 4. The smallest absolute Gasteiger partial charge is 0.262 e. The molecule has 7 atom stereocenters. The lowest BCUT2D eigenvalue weighted by Crippen LogP contribution is -2.45. The van der Waals surface area contributed by atoms with Crippen molar-refractivity contribution in [2.75, 3.05) is 0 Å². The molecular weight excluding hydrogens is 398 g/mol. The van der Waals surface area contributed by atoms with Gasteiger partial charge >= 0.3 is 0 Å². The fourth-order valence-electron chi connectivity index (χ4n) is 5.92. The minimum atomic E-state index is -1.90. The molecule has 2 fully saturated rings. The summed E-state index contributed by atoms with van der Waals surface area (Å²) in [4.78, 5) is 40.4. The van der Waals surface area contributed by atoms with Gasteiger partial charge in [-0.05, 0) is 42.9 Å². The van der Waals surface area contributed by atoms with E-state index in [1.807, 2.05) is 13.0 Å². The van der Waals surface area contributed by atoms with Gasteiger partial charge in [0.15, 0.2) is 5.78 Å². The summed E-state index contributed by atoms with van der Waals surface area (Å²) in [5, 5.41) is 32.4. The molecule has 0 radical (unpaired) electrons. The molecule has 7 nitrogen and oxygen atoms in total. The highest BCUT2D eigenvalue weighted by Gasteiger charge is 2.47. The Kier molecular flexibility index (Phi) is 5.68. The number of carbonyl (C=O) groups is 2. The first-order chi connectivity index (χ1) is 14.6. The number of aromatic amines is 1. The lowest BCUT2D eigenvalue weighted by molar-refractivity contribution is -0.142. The summed E-state index contributed by atoms with van der Waals surface area (Å²) in [5.41, 5.74) is -3.08. The first kappa shape index (κ1) is 22.0. The summed E-state index contributed by atoms with van der Waals surface area (Å²) in [5.74, 6) is -0.750. The first-order valence-electron chi connectivity index (χ1n) is 11.2. The molecule has 31 heavy (non-hydrogen) atoms. The topological polar surface area (TPSA) is 128 Å². The summed E-state index contributed by atoms with van der Waals surface area (Å²) in [7, 11) is 0. The van der Waals surface area contributed by atoms with E-state index in [9.17, 15) is 29.7 Å². The Balaban J connectivity index is 1.74. The van der Waals surface area contributed by atoms with Crippen LogP contribution in [0.15, 0.2) is 23.1 Å². The number of aliphatic hydroxyl groups excluding tert-OH is 1. The normalized spacial score (nSPS) is 38.0. The van der Waals surface area contributed by atoms with Gasteiger partial charge in [0.05, 0.1) is 6.10 Å². The molecule has 2 unspecified atom stereocenters. The Hall–Kier alpha value is -2.25. The number of hydrogen-bond acceptors (Lipinski definition) is 6. The maximum atomic E-state index is 13.6. The number of fused-ring (bicyclic) bond motifs is 1. The van der Waals surface area contributed by atoms with Crippen LogP contribution in [0.5, 0.6) is 5.75 Å². The third-order valence-electron chi connectivity index (χ3n) is 7.75. The largest absolute Gasteiger partial charge is 0.507 e. The van der Waals surface area contributed by atoms with Crippen molar-refractivity contribution in [3.8, 4) is 5.75 Å². The molecule has 2 saturated carbocycles. The molecule has 0 amide bonds. The van der Waals surface area contributed by atoms with E-state index >= 15 is 0 Å². The minimum absolute atomic E-state index is 0.0435. The number of allylic oxidation sites excluding steroid dienone is 2. The van der Waals surface area contributed by atoms with Gasteiger partial charge in [-0.1, -0.05) is 32.4 Å². The Morgan fingerprint density at radius 1 is 1.19 bits per heavy atom. The number of carbonyl (C=O) groups excluding carboxylic acids is 2. The van der Waals surface area contributed by atoms with Crippen LogP contribution in [0.25, 0.3) is 0 Å². The number of aromatic hydroxyl groups is 1. The van der Waals surface area contributed by atoms with Gasteiger partial charge in [0, 0.05) is 30.5 Å². The van der Waals surface area contributed by atoms with E-state index in [0.29, 0.717) is 5.92 Å². The molecule has 7 heteroatoms. The maximum Gasteiger partial charge on any atom is 0.262 e. The van der Waals surface area contributed by atoms with E-state index in [1.165, 1.54) is 0 Å². The highest BCUT2D eigenvalue weighted by atomic mass is 16.3. The zero-order chi connectivity index (χ0) is 22.5. The molecule has 4 N–H and O–H groups in total. The number of aliphatic hydroxyl groups is 2. The number of aromatic nitrogens is 1. The zero-order valence-electron chi connectivity index (χ0n) is 18.0. The van der Waals surface area contributed by atoms with Crippen LogP contribution in [0, 0.1) is 29.6 Å². The molecule has 168 valence electrons. The van der Waals surface area contributed by atoms with Crippen molar-refractivity contribution in [3.63, 3.8) is 0 Å². The predicted octanol–water partition coefficient (Wildman–Crippen LogP) is 2.44. The van der Waals surface area contributed by atoms with Crippen LogP contribution in [0.1, 0.15) is 68.3 Å². The molecule has 0 saturated heterocycles. The minimum Gasteiger partial charge on any atom is -0.507 e. The molecule has 0 aromatic carbocycles. The third kappa shape index (κ3) is 3.68. The molecule has 0 spiro atoms. The second-order valence-electron chi connectivity index (χ2n) is 9.82. The van der Waals surface area contributed by atoms with E-state index in [4.69, 9.17) is 0 Å². The molecule has 3 aliphatic carbocycles. The number of H-pyrrole nitrogens is 1. The Morgan fingerprint density at radius 3 is 2.65 bits per heavy atom. The number of nitrogens with one attached hydrogen (secondary N) is 1. The molecule has 4 rings (SSSR count). The van der Waals surface area contributed by atoms with Gasteiger partial charge in [-0.25, -0.2) is 0 Å². The molecular formula is C24H31NO6. The Bertz CT molecular complexity index is 981. The van der Waals surface area contributed by atoms with Crippen molar-refractivity contribution in [2.45, 2.75) is 64.1 Å². The Labute approximate surface area is 181 Å². The van der Waals surface area contributed by atoms with Crippen LogP contribution >= 0.6 is 0 Å². The van der Waals surface area contributed by atoms with Crippen LogP contribution in [-0.4, -0.2) is 38.0 Å². The van der Waals surface area contributed by atoms with Gasteiger partial charge in [0.1, 0.15) is 22.7 Å². The molecule has 3 aliphatic rings. The summed E-state index contributed by atoms with van der Waals surface area (Å²) < 4.78 is 0. The van der Waals surface area contributed by atoms with Crippen LogP contribution in [0.2, 0.25) is 0 Å². The lowest BCUT2D eigenvalue weighted by atomic mass is 9.61. The van der Waals surface area contributed by atoms with Gasteiger partial charge < -0.3 is 20.3 Å². The summed E-state index contributed by atoms with van der Waals surface area (Å²) in [6, 6.07) is 0.